The summed E-state index contributed by atoms with van der Waals surface area (Å²) >= 11 is 0. The Kier molecular flexibility index (Phi) is 5.25. The molecule has 4 rings (SSSR count). The normalized spacial score (nSPS) is 12.6. The lowest BCUT2D eigenvalue weighted by molar-refractivity contribution is -0.116. The quantitative estimate of drug-likeness (QED) is 0.721. The van der Waals surface area contributed by atoms with Crippen LogP contribution in [-0.2, 0) is 30.6 Å². The van der Waals surface area contributed by atoms with E-state index in [1.165, 1.54) is 33.9 Å². The van der Waals surface area contributed by atoms with E-state index in [1.807, 2.05) is 25.1 Å². The molecule has 0 aliphatic heterocycles. The van der Waals surface area contributed by atoms with E-state index in [2.05, 4.69) is 10.3 Å². The van der Waals surface area contributed by atoms with E-state index in [0.717, 1.165) is 24.9 Å². The topological polar surface area (TPSA) is 64.0 Å². The lowest BCUT2D eigenvalue weighted by Gasteiger charge is -2.14. The molecule has 2 aromatic carbocycles. The van der Waals surface area contributed by atoms with Crippen LogP contribution >= 0.6 is 0 Å². The second kappa shape index (κ2) is 7.99. The number of halogens is 1. The van der Waals surface area contributed by atoms with Crippen LogP contribution in [0.5, 0.6) is 0 Å². The van der Waals surface area contributed by atoms with Crippen LogP contribution in [0.3, 0.4) is 0 Å². The largest absolute Gasteiger partial charge is 0.325 e. The molecule has 1 aliphatic carbocycles. The van der Waals surface area contributed by atoms with Gasteiger partial charge in [0.25, 0.3) is 5.56 Å². The first kappa shape index (κ1) is 19.1. The number of amides is 1. The van der Waals surface area contributed by atoms with E-state index in [-0.39, 0.29) is 23.8 Å². The Balaban J connectivity index is 1.62. The molecule has 1 N–H and O–H groups in total. The van der Waals surface area contributed by atoms with E-state index in [0.29, 0.717) is 23.5 Å². The lowest BCUT2D eigenvalue weighted by Crippen LogP contribution is -2.30. The van der Waals surface area contributed by atoms with Crippen molar-refractivity contribution in [1.29, 1.82) is 0 Å². The number of aromatic nitrogens is 2. The number of benzene rings is 2. The van der Waals surface area contributed by atoms with Crippen LogP contribution in [0.25, 0.3) is 11.4 Å². The number of anilines is 1. The van der Waals surface area contributed by atoms with Gasteiger partial charge in [-0.15, -0.1) is 0 Å². The molecule has 0 saturated heterocycles. The van der Waals surface area contributed by atoms with Crippen molar-refractivity contribution < 1.29 is 9.18 Å². The first-order valence-corrected chi connectivity index (χ1v) is 9.82. The van der Waals surface area contributed by atoms with Gasteiger partial charge >= 0.3 is 0 Å². The maximum absolute atomic E-state index is 13.3. The van der Waals surface area contributed by atoms with Gasteiger partial charge in [0.15, 0.2) is 0 Å². The zero-order valence-corrected chi connectivity index (χ0v) is 16.2. The number of nitrogens with one attached hydrogen (secondary N) is 1. The molecule has 1 aliphatic rings. The highest BCUT2D eigenvalue weighted by atomic mass is 19.1. The van der Waals surface area contributed by atoms with Crippen molar-refractivity contribution in [2.45, 2.75) is 39.2 Å². The van der Waals surface area contributed by atoms with Crippen LogP contribution in [-0.4, -0.2) is 15.5 Å². The number of aryl methyl sites for hydroxylation is 3. The van der Waals surface area contributed by atoms with Crippen molar-refractivity contribution in [2.75, 3.05) is 5.32 Å². The lowest BCUT2D eigenvalue weighted by atomic mass is 10.1. The molecular weight excluding hydrogens is 369 g/mol. The summed E-state index contributed by atoms with van der Waals surface area (Å²) in [5.41, 5.74) is 4.23. The maximum atomic E-state index is 13.3. The van der Waals surface area contributed by atoms with Crippen LogP contribution in [0.2, 0.25) is 0 Å². The van der Waals surface area contributed by atoms with Crippen molar-refractivity contribution in [1.82, 2.24) is 9.55 Å². The maximum Gasteiger partial charge on any atom is 0.254 e. The molecule has 1 heterocycles. The van der Waals surface area contributed by atoms with Crippen LogP contribution in [0, 0.1) is 5.82 Å². The van der Waals surface area contributed by atoms with E-state index < -0.39 is 0 Å². The number of nitrogens with zero attached hydrogens (tertiary/aromatic N) is 2. The molecule has 1 aromatic heterocycles. The summed E-state index contributed by atoms with van der Waals surface area (Å²) in [6.07, 6.45) is 3.83. The fourth-order valence-corrected chi connectivity index (χ4v) is 3.70. The van der Waals surface area contributed by atoms with E-state index in [9.17, 15) is 14.0 Å². The number of fused-ring (bicyclic) bond motifs is 1. The third kappa shape index (κ3) is 4.11. The van der Waals surface area contributed by atoms with Gasteiger partial charge in [-0.3, -0.25) is 14.2 Å². The SMILES string of the molecule is CCc1cc(=O)n(CC(=O)Nc2ccc3c(c2)CCC3)c(-c2ccc(F)cc2)n1. The van der Waals surface area contributed by atoms with Crippen molar-refractivity contribution in [2.24, 2.45) is 0 Å². The average molecular weight is 391 g/mol. The predicted molar refractivity (Wildman–Crippen MR) is 110 cm³/mol. The Labute approximate surface area is 168 Å². The van der Waals surface area contributed by atoms with Gasteiger partial charge in [0.05, 0.1) is 0 Å². The Morgan fingerprint density at radius 2 is 1.86 bits per heavy atom. The molecule has 29 heavy (non-hydrogen) atoms. The number of hydrogen-bond donors (Lipinski definition) is 1. The standard InChI is InChI=1S/C23H22FN3O2/c1-2-19-13-22(29)27(23(26-19)16-6-9-18(24)10-7-16)14-21(28)25-20-11-8-15-4-3-5-17(15)12-20/h6-13H,2-5,14H2,1H3,(H,25,28). The summed E-state index contributed by atoms with van der Waals surface area (Å²) in [7, 11) is 0. The third-order valence-corrected chi connectivity index (χ3v) is 5.21. The molecule has 0 spiro atoms. The van der Waals surface area contributed by atoms with Gasteiger partial charge in [-0.2, -0.15) is 0 Å². The average Bonchev–Trinajstić information content (AvgIpc) is 3.18. The van der Waals surface area contributed by atoms with Gasteiger partial charge in [0.2, 0.25) is 5.91 Å². The van der Waals surface area contributed by atoms with Crippen molar-refractivity contribution >= 4 is 11.6 Å². The van der Waals surface area contributed by atoms with Gasteiger partial charge in [-0.1, -0.05) is 13.0 Å². The van der Waals surface area contributed by atoms with Gasteiger partial charge in [-0.05, 0) is 73.2 Å². The third-order valence-electron chi connectivity index (χ3n) is 5.21. The minimum Gasteiger partial charge on any atom is -0.325 e. The Morgan fingerprint density at radius 1 is 1.10 bits per heavy atom. The fraction of sp³-hybridized carbons (Fsp3) is 0.261. The zero-order chi connectivity index (χ0) is 20.4. The summed E-state index contributed by atoms with van der Waals surface area (Å²) < 4.78 is 14.7. The highest BCUT2D eigenvalue weighted by Gasteiger charge is 2.15. The Bertz CT molecular complexity index is 1120. The smallest absolute Gasteiger partial charge is 0.254 e. The summed E-state index contributed by atoms with van der Waals surface area (Å²) in [4.78, 5) is 29.9. The highest BCUT2D eigenvalue weighted by molar-refractivity contribution is 5.91. The van der Waals surface area contributed by atoms with Gasteiger partial charge in [0, 0.05) is 23.0 Å². The van der Waals surface area contributed by atoms with Crippen molar-refractivity contribution in [3.05, 3.63) is 81.5 Å². The molecule has 5 nitrogen and oxygen atoms in total. The second-order valence-corrected chi connectivity index (χ2v) is 7.24. The van der Waals surface area contributed by atoms with Crippen molar-refractivity contribution in [3.63, 3.8) is 0 Å². The monoisotopic (exact) mass is 391 g/mol. The summed E-state index contributed by atoms with van der Waals surface area (Å²) in [5, 5.41) is 2.88. The minimum atomic E-state index is -0.372. The first-order valence-electron chi connectivity index (χ1n) is 9.82. The molecule has 0 saturated carbocycles. The molecular formula is C23H22FN3O2. The van der Waals surface area contributed by atoms with Gasteiger partial charge in [0.1, 0.15) is 18.2 Å². The van der Waals surface area contributed by atoms with E-state index in [4.69, 9.17) is 0 Å². The predicted octanol–water partition coefficient (Wildman–Crippen LogP) is 3.74. The summed E-state index contributed by atoms with van der Waals surface area (Å²) in [6, 6.07) is 13.1. The highest BCUT2D eigenvalue weighted by Crippen LogP contribution is 2.25. The molecule has 0 radical (unpaired) electrons. The number of hydrogen-bond acceptors (Lipinski definition) is 3. The molecule has 1 amide bonds. The van der Waals surface area contributed by atoms with Crippen molar-refractivity contribution in [3.8, 4) is 11.4 Å². The number of carbonyl (C=O) groups excluding carboxylic acids is 1. The van der Waals surface area contributed by atoms with Gasteiger partial charge < -0.3 is 5.32 Å². The Hall–Kier alpha value is -3.28. The van der Waals surface area contributed by atoms with Crippen LogP contribution in [0.15, 0.2) is 53.3 Å². The molecule has 148 valence electrons. The van der Waals surface area contributed by atoms with E-state index in [1.54, 1.807) is 12.1 Å². The van der Waals surface area contributed by atoms with Gasteiger partial charge in [-0.25, -0.2) is 9.37 Å². The molecule has 0 fully saturated rings. The first-order chi connectivity index (χ1) is 14.0. The van der Waals surface area contributed by atoms with Crippen LogP contribution in [0.4, 0.5) is 10.1 Å². The van der Waals surface area contributed by atoms with Crippen LogP contribution in [0.1, 0.15) is 30.2 Å². The van der Waals surface area contributed by atoms with E-state index >= 15 is 0 Å². The zero-order valence-electron chi connectivity index (χ0n) is 16.2. The Morgan fingerprint density at radius 3 is 2.62 bits per heavy atom. The summed E-state index contributed by atoms with van der Waals surface area (Å²) in [5.74, 6) is -0.318. The number of rotatable bonds is 5. The summed E-state index contributed by atoms with van der Waals surface area (Å²) in [6.45, 7) is 1.74. The molecule has 0 atom stereocenters. The molecule has 3 aromatic rings. The second-order valence-electron chi connectivity index (χ2n) is 7.24. The van der Waals surface area contributed by atoms with Crippen LogP contribution < -0.4 is 10.9 Å². The molecule has 0 unspecified atom stereocenters. The fourth-order valence-electron chi connectivity index (χ4n) is 3.70. The minimum absolute atomic E-state index is 0.167. The number of carbonyl (C=O) groups is 1. The molecule has 0 bridgehead atoms. The molecule has 6 heteroatoms.